The number of carbonyl (C=O) groups excluding carboxylic acids is 1. The summed E-state index contributed by atoms with van der Waals surface area (Å²) in [7, 11) is 3.67. The molecule has 0 saturated carbocycles. The van der Waals surface area contributed by atoms with Crippen molar-refractivity contribution < 1.29 is 4.79 Å². The van der Waals surface area contributed by atoms with E-state index in [1.165, 1.54) is 0 Å². The van der Waals surface area contributed by atoms with Gasteiger partial charge >= 0.3 is 0 Å². The van der Waals surface area contributed by atoms with Crippen LogP contribution >= 0.6 is 0 Å². The van der Waals surface area contributed by atoms with Crippen LogP contribution in [0, 0.1) is 0 Å². The lowest BCUT2D eigenvalue weighted by Crippen LogP contribution is -2.51. The maximum atomic E-state index is 12.9. The Labute approximate surface area is 158 Å². The second kappa shape index (κ2) is 7.50. The van der Waals surface area contributed by atoms with Gasteiger partial charge in [0.25, 0.3) is 0 Å². The first kappa shape index (κ1) is 17.7. The topological polar surface area (TPSA) is 70.7 Å². The van der Waals surface area contributed by atoms with Gasteiger partial charge in [-0.2, -0.15) is 5.10 Å². The second-order valence-corrected chi connectivity index (χ2v) is 6.97. The van der Waals surface area contributed by atoms with Gasteiger partial charge < -0.3 is 14.6 Å². The van der Waals surface area contributed by atoms with Crippen molar-refractivity contribution in [1.29, 1.82) is 0 Å². The summed E-state index contributed by atoms with van der Waals surface area (Å²) >= 11 is 0. The van der Waals surface area contributed by atoms with Crippen LogP contribution in [0.5, 0.6) is 0 Å². The van der Waals surface area contributed by atoms with Crippen LogP contribution in [-0.4, -0.2) is 68.1 Å². The van der Waals surface area contributed by atoms with Crippen LogP contribution in [0.1, 0.15) is 17.3 Å². The Balaban J connectivity index is 1.35. The molecule has 1 aliphatic heterocycles. The van der Waals surface area contributed by atoms with E-state index in [4.69, 9.17) is 0 Å². The van der Waals surface area contributed by atoms with Gasteiger partial charge in [0.2, 0.25) is 5.91 Å². The molecule has 1 atom stereocenters. The predicted molar refractivity (Wildman–Crippen MR) is 102 cm³/mol. The monoisotopic (exact) mass is 367 g/mol. The number of amides is 1. The smallest absolute Gasteiger partial charge is 0.244 e. The molecule has 1 fully saturated rings. The van der Waals surface area contributed by atoms with Gasteiger partial charge in [-0.15, -0.1) is 0 Å². The standard InChI is InChI=1S/C19H25N7O/c1-20-18(15-11-21-23(2)12-15)19(27)25-9-7-24(8-10-25)13-16-14-26-6-4-3-5-17(26)22-16/h3-6,11-12,14,18,20H,7-10,13H2,1-2H3. The van der Waals surface area contributed by atoms with Gasteiger partial charge in [0, 0.05) is 63.9 Å². The van der Waals surface area contributed by atoms with Crippen LogP contribution in [0.2, 0.25) is 0 Å². The normalized spacial score (nSPS) is 16.7. The van der Waals surface area contributed by atoms with Gasteiger partial charge in [-0.25, -0.2) is 4.98 Å². The molecule has 0 bridgehead atoms. The zero-order chi connectivity index (χ0) is 18.8. The van der Waals surface area contributed by atoms with Gasteiger partial charge in [-0.05, 0) is 19.2 Å². The number of pyridine rings is 1. The Morgan fingerprint density at radius 2 is 2.04 bits per heavy atom. The van der Waals surface area contributed by atoms with E-state index in [-0.39, 0.29) is 11.9 Å². The van der Waals surface area contributed by atoms with Crippen molar-refractivity contribution in [1.82, 2.24) is 34.3 Å². The van der Waals surface area contributed by atoms with E-state index >= 15 is 0 Å². The van der Waals surface area contributed by atoms with E-state index in [1.54, 1.807) is 10.9 Å². The minimum atomic E-state index is -0.344. The molecule has 27 heavy (non-hydrogen) atoms. The number of carbonyl (C=O) groups is 1. The number of imidazole rings is 1. The van der Waals surface area contributed by atoms with E-state index in [2.05, 4.69) is 26.5 Å². The van der Waals surface area contributed by atoms with Crippen molar-refractivity contribution in [2.75, 3.05) is 33.2 Å². The third-order valence-electron chi connectivity index (χ3n) is 5.08. The molecule has 4 rings (SSSR count). The quantitative estimate of drug-likeness (QED) is 0.718. The maximum Gasteiger partial charge on any atom is 0.244 e. The summed E-state index contributed by atoms with van der Waals surface area (Å²) in [6.45, 7) is 3.96. The number of piperazine rings is 1. The van der Waals surface area contributed by atoms with Crippen molar-refractivity contribution in [3.8, 4) is 0 Å². The summed E-state index contributed by atoms with van der Waals surface area (Å²) in [5.41, 5.74) is 2.93. The highest BCUT2D eigenvalue weighted by Gasteiger charge is 2.28. The Kier molecular flexibility index (Phi) is 4.91. The fourth-order valence-electron chi connectivity index (χ4n) is 3.62. The SMILES string of the molecule is CNC(C(=O)N1CCN(Cc2cn3ccccc3n2)CC1)c1cnn(C)c1. The second-order valence-electron chi connectivity index (χ2n) is 6.97. The van der Waals surface area contributed by atoms with E-state index < -0.39 is 0 Å². The molecule has 0 aliphatic carbocycles. The predicted octanol–water partition coefficient (Wildman–Crippen LogP) is 0.673. The highest BCUT2D eigenvalue weighted by atomic mass is 16.2. The zero-order valence-electron chi connectivity index (χ0n) is 15.7. The number of nitrogens with one attached hydrogen (secondary N) is 1. The van der Waals surface area contributed by atoms with E-state index in [9.17, 15) is 4.79 Å². The molecule has 1 N–H and O–H groups in total. The molecule has 142 valence electrons. The fraction of sp³-hybridized carbons (Fsp3) is 0.421. The Bertz CT molecular complexity index is 890. The number of fused-ring (bicyclic) bond motifs is 1. The van der Waals surface area contributed by atoms with Gasteiger partial charge in [-0.1, -0.05) is 6.07 Å². The average molecular weight is 367 g/mol. The molecule has 4 heterocycles. The average Bonchev–Trinajstić information content (AvgIpc) is 3.28. The molecule has 8 nitrogen and oxygen atoms in total. The molecule has 3 aromatic heterocycles. The van der Waals surface area contributed by atoms with Crippen LogP contribution in [0.25, 0.3) is 5.65 Å². The molecule has 1 amide bonds. The van der Waals surface area contributed by atoms with Crippen molar-refractivity contribution in [2.45, 2.75) is 12.6 Å². The van der Waals surface area contributed by atoms with E-state index in [1.807, 2.05) is 54.0 Å². The molecule has 0 radical (unpaired) electrons. The van der Waals surface area contributed by atoms with E-state index in [0.717, 1.165) is 49.6 Å². The zero-order valence-corrected chi connectivity index (χ0v) is 15.7. The number of nitrogens with zero attached hydrogens (tertiary/aromatic N) is 6. The minimum Gasteiger partial charge on any atom is -0.338 e. The highest BCUT2D eigenvalue weighted by Crippen LogP contribution is 2.17. The summed E-state index contributed by atoms with van der Waals surface area (Å²) < 4.78 is 3.76. The Morgan fingerprint density at radius 1 is 1.22 bits per heavy atom. The van der Waals surface area contributed by atoms with Crippen LogP contribution < -0.4 is 5.32 Å². The number of aromatic nitrogens is 4. The van der Waals surface area contributed by atoms with Gasteiger partial charge in [0.05, 0.1) is 11.9 Å². The number of likely N-dealkylation sites (N-methyl/N-ethyl adjacent to an activating group) is 1. The lowest BCUT2D eigenvalue weighted by molar-refractivity contribution is -0.135. The molecule has 8 heteroatoms. The van der Waals surface area contributed by atoms with Gasteiger partial charge in [0.1, 0.15) is 11.7 Å². The highest BCUT2D eigenvalue weighted by molar-refractivity contribution is 5.83. The van der Waals surface area contributed by atoms with Crippen LogP contribution in [0.15, 0.2) is 43.0 Å². The fourth-order valence-corrected chi connectivity index (χ4v) is 3.62. The largest absolute Gasteiger partial charge is 0.338 e. The molecule has 1 unspecified atom stereocenters. The Hall–Kier alpha value is -2.71. The van der Waals surface area contributed by atoms with Gasteiger partial charge in [0.15, 0.2) is 0 Å². The molecule has 0 aromatic carbocycles. The third-order valence-corrected chi connectivity index (χ3v) is 5.08. The summed E-state index contributed by atoms with van der Waals surface area (Å²) in [6.07, 6.45) is 7.72. The minimum absolute atomic E-state index is 0.109. The first-order chi connectivity index (χ1) is 13.1. The summed E-state index contributed by atoms with van der Waals surface area (Å²) in [4.78, 5) is 21.9. The number of hydrogen-bond donors (Lipinski definition) is 1. The molecule has 1 aliphatic rings. The lowest BCUT2D eigenvalue weighted by Gasteiger charge is -2.36. The maximum absolute atomic E-state index is 12.9. The summed E-state index contributed by atoms with van der Waals surface area (Å²) in [6, 6.07) is 5.67. The molecule has 0 spiro atoms. The summed E-state index contributed by atoms with van der Waals surface area (Å²) in [5, 5.41) is 7.30. The van der Waals surface area contributed by atoms with Crippen LogP contribution in [0.3, 0.4) is 0 Å². The summed E-state index contributed by atoms with van der Waals surface area (Å²) in [5.74, 6) is 0.109. The van der Waals surface area contributed by atoms with E-state index in [0.29, 0.717) is 0 Å². The number of aryl methyl sites for hydroxylation is 1. The molecular weight excluding hydrogens is 342 g/mol. The lowest BCUT2D eigenvalue weighted by atomic mass is 10.1. The third kappa shape index (κ3) is 3.72. The Morgan fingerprint density at radius 3 is 2.70 bits per heavy atom. The number of hydrogen-bond acceptors (Lipinski definition) is 5. The van der Waals surface area contributed by atoms with Gasteiger partial charge in [-0.3, -0.25) is 14.4 Å². The van der Waals surface area contributed by atoms with Crippen molar-refractivity contribution in [2.24, 2.45) is 7.05 Å². The first-order valence-electron chi connectivity index (χ1n) is 9.23. The van der Waals surface area contributed by atoms with Crippen molar-refractivity contribution in [3.05, 3.63) is 54.2 Å². The molecular formula is C19H25N7O. The van der Waals surface area contributed by atoms with Crippen molar-refractivity contribution in [3.63, 3.8) is 0 Å². The van der Waals surface area contributed by atoms with Crippen molar-refractivity contribution >= 4 is 11.6 Å². The van der Waals surface area contributed by atoms with Crippen LogP contribution in [0.4, 0.5) is 0 Å². The number of rotatable bonds is 5. The van der Waals surface area contributed by atoms with Crippen LogP contribution in [-0.2, 0) is 18.4 Å². The first-order valence-corrected chi connectivity index (χ1v) is 9.23. The molecule has 3 aromatic rings. The molecule has 1 saturated heterocycles.